The summed E-state index contributed by atoms with van der Waals surface area (Å²) >= 11 is 0. The van der Waals surface area contributed by atoms with E-state index in [-0.39, 0.29) is 34.8 Å². The molecule has 1 saturated heterocycles. The van der Waals surface area contributed by atoms with Crippen LogP contribution in [0.25, 0.3) is 0 Å². The summed E-state index contributed by atoms with van der Waals surface area (Å²) in [6.07, 6.45) is 3.84. The second-order valence-electron chi connectivity index (χ2n) is 7.03. The van der Waals surface area contributed by atoms with Crippen molar-refractivity contribution >= 4 is 11.8 Å². The van der Waals surface area contributed by atoms with Crippen molar-refractivity contribution in [1.29, 1.82) is 0 Å². The van der Waals surface area contributed by atoms with E-state index in [1.165, 1.54) is 6.92 Å². The Balaban J connectivity index is 1.99. The van der Waals surface area contributed by atoms with Gasteiger partial charge in [0, 0.05) is 12.3 Å². The fourth-order valence-electron chi connectivity index (χ4n) is 5.10. The molecule has 6 atom stereocenters. The zero-order valence-corrected chi connectivity index (χ0v) is 12.8. The number of rotatable bonds is 2. The highest BCUT2D eigenvalue weighted by Crippen LogP contribution is 2.68. The number of ketones is 1. The van der Waals surface area contributed by atoms with Gasteiger partial charge in [0.15, 0.2) is 0 Å². The number of carbonyl (C=O) groups excluding carboxylic acids is 2. The van der Waals surface area contributed by atoms with Gasteiger partial charge in [0.25, 0.3) is 0 Å². The van der Waals surface area contributed by atoms with Crippen LogP contribution in [0.15, 0.2) is 0 Å². The van der Waals surface area contributed by atoms with Gasteiger partial charge in [0.1, 0.15) is 17.5 Å². The number of ether oxygens (including phenoxy) is 2. The van der Waals surface area contributed by atoms with Crippen LogP contribution in [0.4, 0.5) is 0 Å². The van der Waals surface area contributed by atoms with Gasteiger partial charge in [-0.2, -0.15) is 0 Å². The van der Waals surface area contributed by atoms with E-state index in [1.54, 1.807) is 6.92 Å². The van der Waals surface area contributed by atoms with E-state index in [0.717, 1.165) is 25.7 Å². The summed E-state index contributed by atoms with van der Waals surface area (Å²) in [7, 11) is 0. The third kappa shape index (κ3) is 1.63. The van der Waals surface area contributed by atoms with Crippen LogP contribution in [0.2, 0.25) is 0 Å². The Morgan fingerprint density at radius 1 is 1.20 bits per heavy atom. The van der Waals surface area contributed by atoms with E-state index in [4.69, 9.17) is 9.47 Å². The Hall–Kier alpha value is -0.900. The second-order valence-corrected chi connectivity index (χ2v) is 7.03. The minimum atomic E-state index is -0.294. The first-order valence-corrected chi connectivity index (χ1v) is 7.68. The van der Waals surface area contributed by atoms with Crippen LogP contribution in [-0.2, 0) is 19.1 Å². The Bertz CT molecular complexity index is 459. The van der Waals surface area contributed by atoms with Gasteiger partial charge in [0.05, 0.1) is 12.0 Å². The SMILES string of the molecule is CC(=O)OC1CCC23OC2CCC(C)C3(C)C1C(C)=O. The first-order chi connectivity index (χ1) is 9.33. The van der Waals surface area contributed by atoms with Crippen LogP contribution >= 0.6 is 0 Å². The molecule has 1 aliphatic heterocycles. The number of Topliss-reactive ketones (excluding diaryl/α,β-unsaturated/α-hetero) is 1. The molecule has 6 unspecified atom stereocenters. The van der Waals surface area contributed by atoms with E-state index in [9.17, 15) is 9.59 Å². The largest absolute Gasteiger partial charge is 0.462 e. The summed E-state index contributed by atoms with van der Waals surface area (Å²) in [6.45, 7) is 7.44. The number of epoxide rings is 1. The smallest absolute Gasteiger partial charge is 0.302 e. The van der Waals surface area contributed by atoms with Crippen LogP contribution in [0.1, 0.15) is 53.4 Å². The van der Waals surface area contributed by atoms with Gasteiger partial charge in [-0.3, -0.25) is 9.59 Å². The molecule has 3 rings (SSSR count). The molecule has 3 fully saturated rings. The van der Waals surface area contributed by atoms with Gasteiger partial charge in [-0.25, -0.2) is 0 Å². The average molecular weight is 280 g/mol. The quantitative estimate of drug-likeness (QED) is 0.576. The minimum Gasteiger partial charge on any atom is -0.462 e. The molecular weight excluding hydrogens is 256 g/mol. The highest BCUT2D eigenvalue weighted by molar-refractivity contribution is 5.81. The molecule has 20 heavy (non-hydrogen) atoms. The van der Waals surface area contributed by atoms with Crippen molar-refractivity contribution in [3.05, 3.63) is 0 Å². The van der Waals surface area contributed by atoms with Crippen LogP contribution in [0, 0.1) is 17.3 Å². The van der Waals surface area contributed by atoms with Crippen molar-refractivity contribution in [2.24, 2.45) is 17.3 Å². The molecule has 112 valence electrons. The second kappa shape index (κ2) is 4.30. The summed E-state index contributed by atoms with van der Waals surface area (Å²) in [6, 6.07) is 0. The Morgan fingerprint density at radius 2 is 1.90 bits per heavy atom. The van der Waals surface area contributed by atoms with Gasteiger partial charge in [-0.05, 0) is 38.5 Å². The molecule has 3 aliphatic rings. The van der Waals surface area contributed by atoms with Gasteiger partial charge >= 0.3 is 5.97 Å². The summed E-state index contributed by atoms with van der Waals surface area (Å²) < 4.78 is 11.6. The fourth-order valence-corrected chi connectivity index (χ4v) is 5.10. The lowest BCUT2D eigenvalue weighted by Crippen LogP contribution is -2.60. The number of hydrogen-bond donors (Lipinski definition) is 0. The predicted octanol–water partition coefficient (Wildman–Crippen LogP) is 2.49. The van der Waals surface area contributed by atoms with Crippen molar-refractivity contribution in [1.82, 2.24) is 0 Å². The topological polar surface area (TPSA) is 55.9 Å². The minimum absolute atomic E-state index is 0.126. The van der Waals surface area contributed by atoms with E-state index in [1.807, 2.05) is 0 Å². The zero-order valence-electron chi connectivity index (χ0n) is 12.8. The molecule has 1 heterocycles. The van der Waals surface area contributed by atoms with E-state index >= 15 is 0 Å². The molecule has 0 aromatic carbocycles. The molecule has 1 spiro atoms. The predicted molar refractivity (Wildman–Crippen MR) is 73.1 cm³/mol. The lowest BCUT2D eigenvalue weighted by atomic mass is 9.49. The third-order valence-electron chi connectivity index (χ3n) is 6.19. The maximum atomic E-state index is 12.3. The van der Waals surface area contributed by atoms with Crippen LogP contribution in [-0.4, -0.2) is 29.6 Å². The van der Waals surface area contributed by atoms with Gasteiger partial charge in [-0.1, -0.05) is 13.8 Å². The van der Waals surface area contributed by atoms with Gasteiger partial charge in [-0.15, -0.1) is 0 Å². The number of carbonyl (C=O) groups is 2. The van der Waals surface area contributed by atoms with Gasteiger partial charge < -0.3 is 9.47 Å². The Kier molecular flexibility index (Phi) is 3.02. The monoisotopic (exact) mass is 280 g/mol. The highest BCUT2D eigenvalue weighted by Gasteiger charge is 2.75. The maximum absolute atomic E-state index is 12.3. The Morgan fingerprint density at radius 3 is 2.50 bits per heavy atom. The number of hydrogen-bond acceptors (Lipinski definition) is 4. The van der Waals surface area contributed by atoms with E-state index in [0.29, 0.717) is 12.0 Å². The van der Waals surface area contributed by atoms with Crippen molar-refractivity contribution < 1.29 is 19.1 Å². The lowest BCUT2D eigenvalue weighted by Gasteiger charge is -2.53. The van der Waals surface area contributed by atoms with Crippen molar-refractivity contribution in [2.45, 2.75) is 71.2 Å². The first kappa shape index (κ1) is 14.1. The van der Waals surface area contributed by atoms with Crippen LogP contribution < -0.4 is 0 Å². The Labute approximate surface area is 120 Å². The summed E-state index contributed by atoms with van der Waals surface area (Å²) in [5, 5.41) is 0. The first-order valence-electron chi connectivity index (χ1n) is 7.68. The normalized spacial score (nSPS) is 49.8. The highest BCUT2D eigenvalue weighted by atomic mass is 16.6. The molecule has 2 aliphatic carbocycles. The molecule has 0 N–H and O–H groups in total. The van der Waals surface area contributed by atoms with Crippen molar-refractivity contribution in [3.8, 4) is 0 Å². The summed E-state index contributed by atoms with van der Waals surface area (Å²) in [5.41, 5.74) is -0.349. The molecule has 0 aromatic rings. The molecule has 0 radical (unpaired) electrons. The molecule has 0 bridgehead atoms. The molecule has 0 amide bonds. The molecular formula is C16H24O4. The van der Waals surface area contributed by atoms with E-state index in [2.05, 4.69) is 13.8 Å². The van der Waals surface area contributed by atoms with Crippen LogP contribution in [0.3, 0.4) is 0 Å². The average Bonchev–Trinajstić information content (AvgIpc) is 3.05. The molecule has 4 nitrogen and oxygen atoms in total. The summed E-state index contributed by atoms with van der Waals surface area (Å²) in [4.78, 5) is 23.7. The standard InChI is InChI=1S/C16H24O4/c1-9-5-6-13-16(20-13)8-7-12(19-11(3)18)14(10(2)17)15(9,16)4/h9,12-14H,5-8H2,1-4H3. The van der Waals surface area contributed by atoms with Crippen LogP contribution in [0.5, 0.6) is 0 Å². The molecule has 0 aromatic heterocycles. The number of esters is 1. The van der Waals surface area contributed by atoms with Crippen molar-refractivity contribution in [2.75, 3.05) is 0 Å². The van der Waals surface area contributed by atoms with Crippen molar-refractivity contribution in [3.63, 3.8) is 0 Å². The fraction of sp³-hybridized carbons (Fsp3) is 0.875. The molecule has 2 saturated carbocycles. The third-order valence-corrected chi connectivity index (χ3v) is 6.19. The maximum Gasteiger partial charge on any atom is 0.302 e. The van der Waals surface area contributed by atoms with Gasteiger partial charge in [0.2, 0.25) is 0 Å². The lowest BCUT2D eigenvalue weighted by molar-refractivity contribution is -0.170. The zero-order chi connectivity index (χ0) is 14.7. The summed E-state index contributed by atoms with van der Waals surface area (Å²) in [5.74, 6) is 0.00677. The molecule has 4 heteroatoms. The van der Waals surface area contributed by atoms with E-state index < -0.39 is 0 Å².